The van der Waals surface area contributed by atoms with Gasteiger partial charge in [0.15, 0.2) is 0 Å². The number of hydrogen-bond acceptors (Lipinski definition) is 1. The van der Waals surface area contributed by atoms with Crippen LogP contribution in [0.2, 0.25) is 0 Å². The van der Waals surface area contributed by atoms with E-state index >= 15 is 0 Å². The molecule has 0 saturated heterocycles. The molecule has 2 unspecified atom stereocenters. The summed E-state index contributed by atoms with van der Waals surface area (Å²) in [7, 11) is 0. The molecule has 2 rings (SSSR count). The van der Waals surface area contributed by atoms with E-state index in [4.69, 9.17) is 0 Å². The van der Waals surface area contributed by atoms with Gasteiger partial charge in [-0.2, -0.15) is 0 Å². The third-order valence-corrected chi connectivity index (χ3v) is 4.73. The Hall–Kier alpha value is -0.820. The van der Waals surface area contributed by atoms with E-state index in [0.717, 1.165) is 5.92 Å². The third-order valence-electron chi connectivity index (χ3n) is 4.73. The fraction of sp³-hybridized carbons (Fsp3) is 0.667. The second-order valence-electron chi connectivity index (χ2n) is 7.29. The molecule has 1 N–H and O–H groups in total. The zero-order valence-corrected chi connectivity index (χ0v) is 13.2. The lowest BCUT2D eigenvalue weighted by molar-refractivity contribution is 0.143. The molecule has 0 bridgehead atoms. The summed E-state index contributed by atoms with van der Waals surface area (Å²) in [5.74, 6) is 0.775. The molecule has 0 aliphatic heterocycles. The van der Waals surface area contributed by atoms with Crippen molar-refractivity contribution in [2.45, 2.75) is 66.0 Å². The van der Waals surface area contributed by atoms with Crippen LogP contribution < -0.4 is 5.32 Å². The van der Waals surface area contributed by atoms with Crippen molar-refractivity contribution in [1.29, 1.82) is 0 Å². The number of aryl methyl sites for hydroxylation is 1. The normalized spacial score (nSPS) is 28.1. The monoisotopic (exact) mass is 259 g/mol. The lowest BCUT2D eigenvalue weighted by Gasteiger charge is -2.40. The molecule has 106 valence electrons. The fourth-order valence-corrected chi connectivity index (χ4v) is 3.47. The Morgan fingerprint density at radius 1 is 1.21 bits per heavy atom. The molecule has 0 spiro atoms. The second kappa shape index (κ2) is 5.66. The molecule has 1 nitrogen and oxygen atoms in total. The van der Waals surface area contributed by atoms with Crippen molar-refractivity contribution in [2.75, 3.05) is 0 Å². The Morgan fingerprint density at radius 2 is 1.84 bits per heavy atom. The number of benzene rings is 1. The number of rotatable bonds is 3. The Bertz CT molecular complexity index is 404. The summed E-state index contributed by atoms with van der Waals surface area (Å²) >= 11 is 0. The van der Waals surface area contributed by atoms with Crippen LogP contribution in [0.1, 0.15) is 64.1 Å². The van der Waals surface area contributed by atoms with Gasteiger partial charge in [-0.25, -0.2) is 0 Å². The van der Waals surface area contributed by atoms with E-state index in [2.05, 4.69) is 64.2 Å². The smallest absolute Gasteiger partial charge is 0.0294 e. The highest BCUT2D eigenvalue weighted by Gasteiger charge is 2.32. The van der Waals surface area contributed by atoms with E-state index in [0.29, 0.717) is 17.5 Å². The highest BCUT2D eigenvalue weighted by Crippen LogP contribution is 2.39. The lowest BCUT2D eigenvalue weighted by Crippen LogP contribution is -2.42. The standard InChI is InChI=1S/C18H29N/c1-13-6-8-16(9-7-13)15(3)19-17-10-11-18(4,5)12-14(17)2/h6-9,14-15,17,19H,10-12H2,1-5H3/t14?,15-,17?/m0/s1. The minimum absolute atomic E-state index is 0.453. The van der Waals surface area contributed by atoms with Crippen LogP contribution in [-0.4, -0.2) is 6.04 Å². The highest BCUT2D eigenvalue weighted by atomic mass is 15.0. The molecule has 1 aliphatic carbocycles. The van der Waals surface area contributed by atoms with Gasteiger partial charge in [0.05, 0.1) is 0 Å². The molecule has 1 aliphatic rings. The largest absolute Gasteiger partial charge is 0.307 e. The third kappa shape index (κ3) is 3.82. The summed E-state index contributed by atoms with van der Waals surface area (Å²) in [5, 5.41) is 3.84. The highest BCUT2D eigenvalue weighted by molar-refractivity contribution is 5.23. The quantitative estimate of drug-likeness (QED) is 0.817. The molecule has 0 amide bonds. The van der Waals surface area contributed by atoms with E-state index < -0.39 is 0 Å². The van der Waals surface area contributed by atoms with Crippen molar-refractivity contribution in [2.24, 2.45) is 11.3 Å². The molecule has 3 atom stereocenters. The predicted molar refractivity (Wildman–Crippen MR) is 83.3 cm³/mol. The zero-order valence-electron chi connectivity index (χ0n) is 13.2. The maximum atomic E-state index is 3.84. The summed E-state index contributed by atoms with van der Waals surface area (Å²) in [6.45, 7) is 11.6. The first kappa shape index (κ1) is 14.6. The van der Waals surface area contributed by atoms with E-state index in [1.165, 1.54) is 30.4 Å². The number of hydrogen-bond donors (Lipinski definition) is 1. The van der Waals surface area contributed by atoms with Gasteiger partial charge in [0.1, 0.15) is 0 Å². The molecular weight excluding hydrogens is 230 g/mol. The van der Waals surface area contributed by atoms with Gasteiger partial charge in [0, 0.05) is 12.1 Å². The van der Waals surface area contributed by atoms with Crippen molar-refractivity contribution in [3.05, 3.63) is 35.4 Å². The van der Waals surface area contributed by atoms with Crippen LogP contribution in [0, 0.1) is 18.3 Å². The molecule has 1 aromatic carbocycles. The SMILES string of the molecule is Cc1ccc([C@H](C)NC2CCC(C)(C)CC2C)cc1. The van der Waals surface area contributed by atoms with Gasteiger partial charge in [-0.1, -0.05) is 50.6 Å². The molecule has 1 saturated carbocycles. The maximum absolute atomic E-state index is 3.84. The fourth-order valence-electron chi connectivity index (χ4n) is 3.47. The van der Waals surface area contributed by atoms with E-state index in [1.54, 1.807) is 0 Å². The van der Waals surface area contributed by atoms with Crippen LogP contribution >= 0.6 is 0 Å². The molecule has 1 heteroatoms. The average Bonchev–Trinajstić information content (AvgIpc) is 2.33. The van der Waals surface area contributed by atoms with E-state index in [1.807, 2.05) is 0 Å². The Balaban J connectivity index is 1.96. The summed E-state index contributed by atoms with van der Waals surface area (Å²) in [4.78, 5) is 0. The lowest BCUT2D eigenvalue weighted by atomic mass is 9.70. The summed E-state index contributed by atoms with van der Waals surface area (Å²) < 4.78 is 0. The summed E-state index contributed by atoms with van der Waals surface area (Å²) in [6.07, 6.45) is 3.99. The molecular formula is C18H29N. The Morgan fingerprint density at radius 3 is 2.42 bits per heavy atom. The van der Waals surface area contributed by atoms with Crippen LogP contribution in [0.3, 0.4) is 0 Å². The maximum Gasteiger partial charge on any atom is 0.0294 e. The average molecular weight is 259 g/mol. The van der Waals surface area contributed by atoms with E-state index in [9.17, 15) is 0 Å². The topological polar surface area (TPSA) is 12.0 Å². The molecule has 0 radical (unpaired) electrons. The molecule has 19 heavy (non-hydrogen) atoms. The minimum Gasteiger partial charge on any atom is -0.307 e. The van der Waals surface area contributed by atoms with Crippen molar-refractivity contribution in [3.63, 3.8) is 0 Å². The summed E-state index contributed by atoms with van der Waals surface area (Å²) in [5.41, 5.74) is 3.27. The van der Waals surface area contributed by atoms with Crippen LogP contribution in [0.5, 0.6) is 0 Å². The molecule has 1 aromatic rings. The zero-order chi connectivity index (χ0) is 14.0. The first-order valence-electron chi connectivity index (χ1n) is 7.70. The van der Waals surface area contributed by atoms with Gasteiger partial charge in [0.2, 0.25) is 0 Å². The second-order valence-corrected chi connectivity index (χ2v) is 7.29. The van der Waals surface area contributed by atoms with Gasteiger partial charge < -0.3 is 5.32 Å². The van der Waals surface area contributed by atoms with Crippen LogP contribution in [0.15, 0.2) is 24.3 Å². The van der Waals surface area contributed by atoms with Crippen LogP contribution in [0.25, 0.3) is 0 Å². The van der Waals surface area contributed by atoms with Gasteiger partial charge in [-0.05, 0) is 50.0 Å². The van der Waals surface area contributed by atoms with Gasteiger partial charge in [0.25, 0.3) is 0 Å². The van der Waals surface area contributed by atoms with Gasteiger partial charge in [-0.15, -0.1) is 0 Å². The van der Waals surface area contributed by atoms with Crippen LogP contribution in [-0.2, 0) is 0 Å². The first-order valence-corrected chi connectivity index (χ1v) is 7.70. The Kier molecular flexibility index (Phi) is 4.35. The van der Waals surface area contributed by atoms with Crippen molar-refractivity contribution >= 4 is 0 Å². The van der Waals surface area contributed by atoms with Gasteiger partial charge in [-0.3, -0.25) is 0 Å². The van der Waals surface area contributed by atoms with Crippen LogP contribution in [0.4, 0.5) is 0 Å². The van der Waals surface area contributed by atoms with Crippen molar-refractivity contribution in [3.8, 4) is 0 Å². The number of nitrogens with one attached hydrogen (secondary N) is 1. The summed E-state index contributed by atoms with van der Waals surface area (Å²) in [6, 6.07) is 10.1. The molecule has 0 aromatic heterocycles. The minimum atomic E-state index is 0.453. The first-order chi connectivity index (χ1) is 8.87. The molecule has 0 heterocycles. The van der Waals surface area contributed by atoms with E-state index in [-0.39, 0.29) is 0 Å². The predicted octanol–water partition coefficient (Wildman–Crippen LogP) is 4.86. The van der Waals surface area contributed by atoms with Crippen molar-refractivity contribution in [1.82, 2.24) is 5.32 Å². The Labute approximate surface area is 118 Å². The molecule has 1 fully saturated rings. The van der Waals surface area contributed by atoms with Crippen molar-refractivity contribution < 1.29 is 0 Å². The van der Waals surface area contributed by atoms with Gasteiger partial charge >= 0.3 is 0 Å².